The summed E-state index contributed by atoms with van der Waals surface area (Å²) in [7, 11) is -3.62. The zero-order valence-electron chi connectivity index (χ0n) is 19.5. The number of benzene rings is 1. The molecule has 10 heteroatoms. The fourth-order valence-electron chi connectivity index (χ4n) is 5.27. The van der Waals surface area contributed by atoms with Gasteiger partial charge in [-0.15, -0.1) is 0 Å². The van der Waals surface area contributed by atoms with Crippen molar-refractivity contribution in [1.82, 2.24) is 20.5 Å². The predicted octanol–water partition coefficient (Wildman–Crippen LogP) is 1.91. The van der Waals surface area contributed by atoms with Gasteiger partial charge in [0.2, 0.25) is 15.9 Å². The molecule has 3 fully saturated rings. The van der Waals surface area contributed by atoms with Crippen LogP contribution >= 0.6 is 0 Å². The third-order valence-electron chi connectivity index (χ3n) is 6.64. The summed E-state index contributed by atoms with van der Waals surface area (Å²) in [4.78, 5) is 13.0. The SMILES string of the molecule is CC(C)(C)NS(=O)(=O)c1ccc(NC2NN([C@H]3CCCC[C@@H]3C#N)C3CCNC(=O)C23)cc1. The number of anilines is 1. The summed E-state index contributed by atoms with van der Waals surface area (Å²) in [6.07, 6.45) is 4.47. The van der Waals surface area contributed by atoms with Gasteiger partial charge in [0, 0.05) is 29.9 Å². The predicted molar refractivity (Wildman–Crippen MR) is 125 cm³/mol. The summed E-state index contributed by atoms with van der Waals surface area (Å²) in [6.45, 7) is 6.02. The summed E-state index contributed by atoms with van der Waals surface area (Å²) in [5.41, 5.74) is 3.65. The number of sulfonamides is 1. The Bertz CT molecular complexity index is 1010. The van der Waals surface area contributed by atoms with Crippen LogP contribution in [0.25, 0.3) is 0 Å². The minimum atomic E-state index is -3.62. The highest BCUT2D eigenvalue weighted by molar-refractivity contribution is 7.89. The zero-order chi connectivity index (χ0) is 23.8. The van der Waals surface area contributed by atoms with Gasteiger partial charge in [-0.25, -0.2) is 23.6 Å². The molecule has 33 heavy (non-hydrogen) atoms. The number of rotatable bonds is 5. The van der Waals surface area contributed by atoms with Gasteiger partial charge >= 0.3 is 0 Å². The number of nitriles is 1. The van der Waals surface area contributed by atoms with Crippen molar-refractivity contribution in [2.24, 2.45) is 11.8 Å². The number of fused-ring (bicyclic) bond motifs is 1. The molecule has 0 bridgehead atoms. The largest absolute Gasteiger partial charge is 0.368 e. The second kappa shape index (κ2) is 9.22. The maximum atomic E-state index is 12.8. The average Bonchev–Trinajstić information content (AvgIpc) is 3.12. The molecule has 0 radical (unpaired) electrons. The van der Waals surface area contributed by atoms with Crippen LogP contribution in [0.1, 0.15) is 52.9 Å². The van der Waals surface area contributed by atoms with Crippen molar-refractivity contribution in [3.8, 4) is 6.07 Å². The van der Waals surface area contributed by atoms with Gasteiger partial charge in [0.15, 0.2) is 0 Å². The van der Waals surface area contributed by atoms with Gasteiger partial charge in [0.05, 0.1) is 22.8 Å². The van der Waals surface area contributed by atoms with E-state index >= 15 is 0 Å². The first-order valence-electron chi connectivity index (χ1n) is 11.7. The molecule has 1 aromatic carbocycles. The van der Waals surface area contributed by atoms with E-state index in [1.807, 2.05) is 0 Å². The van der Waals surface area contributed by atoms with Crippen LogP contribution in [0.2, 0.25) is 0 Å². The Hall–Kier alpha value is -2.19. The van der Waals surface area contributed by atoms with Crippen molar-refractivity contribution in [3.05, 3.63) is 24.3 Å². The molecule has 3 aliphatic rings. The van der Waals surface area contributed by atoms with Gasteiger partial charge in [-0.1, -0.05) is 12.8 Å². The monoisotopic (exact) mass is 474 g/mol. The number of nitrogens with zero attached hydrogens (tertiary/aromatic N) is 2. The van der Waals surface area contributed by atoms with Crippen LogP contribution in [0.5, 0.6) is 0 Å². The molecule has 0 spiro atoms. The molecule has 5 atom stereocenters. The molecular formula is C23H34N6O3S. The molecule has 1 saturated carbocycles. The van der Waals surface area contributed by atoms with Crippen molar-refractivity contribution < 1.29 is 13.2 Å². The Morgan fingerprint density at radius 1 is 1.09 bits per heavy atom. The lowest BCUT2D eigenvalue weighted by Gasteiger charge is -2.39. The number of hydrazine groups is 1. The normalized spacial score (nSPS) is 30.8. The summed E-state index contributed by atoms with van der Waals surface area (Å²) in [5.74, 6) is -0.349. The smallest absolute Gasteiger partial charge is 0.241 e. The summed E-state index contributed by atoms with van der Waals surface area (Å²) >= 11 is 0. The van der Waals surface area contributed by atoms with E-state index in [0.717, 1.165) is 37.8 Å². The third-order valence-corrected chi connectivity index (χ3v) is 8.41. The fourth-order valence-corrected chi connectivity index (χ4v) is 6.69. The van der Waals surface area contributed by atoms with E-state index in [0.29, 0.717) is 6.54 Å². The van der Waals surface area contributed by atoms with Crippen LogP contribution < -0.4 is 20.8 Å². The van der Waals surface area contributed by atoms with Gasteiger partial charge in [-0.05, 0) is 64.3 Å². The number of carbonyl (C=O) groups excluding carboxylic acids is 1. The Morgan fingerprint density at radius 2 is 1.79 bits per heavy atom. The molecule has 2 heterocycles. The Kier molecular flexibility index (Phi) is 6.69. The summed E-state index contributed by atoms with van der Waals surface area (Å²) in [5, 5.41) is 18.2. The van der Waals surface area contributed by atoms with Crippen LogP contribution in [0.15, 0.2) is 29.2 Å². The van der Waals surface area contributed by atoms with E-state index in [9.17, 15) is 18.5 Å². The first kappa shape index (κ1) is 24.0. The first-order chi connectivity index (χ1) is 15.6. The Balaban J connectivity index is 1.52. The van der Waals surface area contributed by atoms with E-state index in [-0.39, 0.29) is 40.9 Å². The van der Waals surface area contributed by atoms with Crippen LogP contribution in [0.3, 0.4) is 0 Å². The summed E-state index contributed by atoms with van der Waals surface area (Å²) < 4.78 is 27.8. The van der Waals surface area contributed by atoms with Crippen molar-refractivity contribution in [2.75, 3.05) is 11.9 Å². The van der Waals surface area contributed by atoms with Crippen molar-refractivity contribution in [3.63, 3.8) is 0 Å². The van der Waals surface area contributed by atoms with E-state index in [1.54, 1.807) is 45.0 Å². The fraction of sp³-hybridized carbons (Fsp3) is 0.652. The maximum absolute atomic E-state index is 12.8. The van der Waals surface area contributed by atoms with E-state index in [1.165, 1.54) is 0 Å². The highest BCUT2D eigenvalue weighted by Crippen LogP contribution is 2.36. The number of nitrogens with one attached hydrogen (secondary N) is 4. The highest BCUT2D eigenvalue weighted by Gasteiger charge is 2.51. The van der Waals surface area contributed by atoms with Gasteiger partial charge in [0.1, 0.15) is 6.17 Å². The summed E-state index contributed by atoms with van der Waals surface area (Å²) in [6, 6.07) is 9.14. The first-order valence-corrected chi connectivity index (χ1v) is 13.2. The molecule has 1 aliphatic carbocycles. The minimum absolute atomic E-state index is 0.00311. The lowest BCUT2D eigenvalue weighted by Crippen LogP contribution is -2.54. The molecule has 0 aromatic heterocycles. The highest BCUT2D eigenvalue weighted by atomic mass is 32.2. The van der Waals surface area contributed by atoms with Gasteiger partial charge in [-0.2, -0.15) is 5.26 Å². The third kappa shape index (κ3) is 5.17. The average molecular weight is 475 g/mol. The van der Waals surface area contributed by atoms with Crippen LogP contribution in [0.4, 0.5) is 5.69 Å². The molecule has 2 saturated heterocycles. The molecule has 1 aromatic rings. The van der Waals surface area contributed by atoms with E-state index in [4.69, 9.17) is 0 Å². The van der Waals surface area contributed by atoms with E-state index < -0.39 is 15.6 Å². The zero-order valence-corrected chi connectivity index (χ0v) is 20.3. The standard InChI is InChI=1S/C23H34N6O3S/c1-23(2,3)28-33(31,32)17-10-8-16(9-11-17)26-21-20-19(12-13-25-22(20)30)29(27-21)18-7-5-4-6-15(18)14-24/h8-11,15,18-21,26-28H,4-7,12-13H2,1-3H3,(H,25,30)/t15-,18+,19?,20?,21?/m1/s1. The lowest BCUT2D eigenvalue weighted by molar-refractivity contribution is -0.128. The quantitative estimate of drug-likeness (QED) is 0.513. The Labute approximate surface area is 196 Å². The van der Waals surface area contributed by atoms with Crippen LogP contribution in [-0.4, -0.2) is 49.7 Å². The molecule has 2 aliphatic heterocycles. The van der Waals surface area contributed by atoms with Crippen molar-refractivity contribution >= 4 is 21.6 Å². The van der Waals surface area contributed by atoms with Crippen LogP contribution in [-0.2, 0) is 14.8 Å². The molecule has 4 rings (SSSR count). The van der Waals surface area contributed by atoms with Crippen molar-refractivity contribution in [2.45, 2.75) is 81.6 Å². The topological polar surface area (TPSA) is 126 Å². The number of hydrogen-bond acceptors (Lipinski definition) is 7. The molecule has 3 unspecified atom stereocenters. The molecule has 180 valence electrons. The second-order valence-corrected chi connectivity index (χ2v) is 12.0. The maximum Gasteiger partial charge on any atom is 0.241 e. The van der Waals surface area contributed by atoms with E-state index in [2.05, 4.69) is 31.9 Å². The number of carbonyl (C=O) groups is 1. The lowest BCUT2D eigenvalue weighted by atomic mass is 9.83. The van der Waals surface area contributed by atoms with Crippen molar-refractivity contribution in [1.29, 1.82) is 5.26 Å². The molecule has 9 nitrogen and oxygen atoms in total. The van der Waals surface area contributed by atoms with Gasteiger partial charge in [0.25, 0.3) is 0 Å². The van der Waals surface area contributed by atoms with Gasteiger partial charge < -0.3 is 10.6 Å². The number of hydrogen-bond donors (Lipinski definition) is 4. The Morgan fingerprint density at radius 3 is 2.45 bits per heavy atom. The van der Waals surface area contributed by atoms with Gasteiger partial charge in [-0.3, -0.25) is 4.79 Å². The van der Waals surface area contributed by atoms with Crippen LogP contribution in [0, 0.1) is 23.2 Å². The minimum Gasteiger partial charge on any atom is -0.368 e. The second-order valence-electron chi connectivity index (χ2n) is 10.3. The number of piperidine rings is 1. The molecule has 4 N–H and O–H groups in total. The molecule has 1 amide bonds. The number of amides is 1. The molecular weight excluding hydrogens is 440 g/mol.